The third-order valence-electron chi connectivity index (χ3n) is 4.80. The number of nitrogens with one attached hydrogen (secondary N) is 3. The number of hydrazone groups is 1. The molecule has 0 unspecified atom stereocenters. The van der Waals surface area contributed by atoms with Crippen molar-refractivity contribution in [3.05, 3.63) is 87.6 Å². The van der Waals surface area contributed by atoms with Crippen LogP contribution in [0.25, 0.3) is 0 Å². The van der Waals surface area contributed by atoms with Crippen LogP contribution in [0.4, 0.5) is 15.8 Å². The zero-order valence-electron chi connectivity index (χ0n) is 18.9. The number of anilines is 2. The molecule has 0 aromatic heterocycles. The number of carbonyl (C=O) groups excluding carboxylic acids is 3. The van der Waals surface area contributed by atoms with E-state index in [0.717, 1.165) is 23.3 Å². The Morgan fingerprint density at radius 1 is 0.914 bits per heavy atom. The van der Waals surface area contributed by atoms with Crippen molar-refractivity contribution in [3.63, 3.8) is 0 Å². The fourth-order valence-electron chi connectivity index (χ4n) is 2.84. The maximum atomic E-state index is 12.9. The number of aryl methyl sites for hydroxylation is 2. The summed E-state index contributed by atoms with van der Waals surface area (Å²) in [5.41, 5.74) is 5.68. The maximum Gasteiger partial charge on any atom is 0.329 e. The topological polar surface area (TPSA) is 109 Å². The molecule has 0 bridgehead atoms. The average Bonchev–Trinajstić information content (AvgIpc) is 2.82. The van der Waals surface area contributed by atoms with Crippen LogP contribution in [0.3, 0.4) is 0 Å². The maximum absolute atomic E-state index is 12.9. The highest BCUT2D eigenvalue weighted by Gasteiger charge is 2.13. The molecule has 0 fully saturated rings. The number of hydrogen-bond donors (Lipinski definition) is 3. The summed E-state index contributed by atoms with van der Waals surface area (Å²) in [6, 6.07) is 15.6. The summed E-state index contributed by atoms with van der Waals surface area (Å²) >= 11 is 3.34. The fraction of sp³-hybridized carbons (Fsp3) is 0.120. The highest BCUT2D eigenvalue weighted by atomic mass is 79.9. The van der Waals surface area contributed by atoms with Gasteiger partial charge in [0, 0.05) is 21.4 Å². The molecule has 3 amide bonds. The number of hydrogen-bond acceptors (Lipinski definition) is 5. The molecule has 3 rings (SSSR count). The van der Waals surface area contributed by atoms with Gasteiger partial charge in [-0.15, -0.1) is 0 Å². The summed E-state index contributed by atoms with van der Waals surface area (Å²) < 4.78 is 19.3. The van der Waals surface area contributed by atoms with E-state index in [0.29, 0.717) is 21.5 Å². The third kappa shape index (κ3) is 7.75. The monoisotopic (exact) mass is 540 g/mol. The Bertz CT molecular complexity index is 1280. The molecule has 0 aliphatic rings. The molecule has 0 atom stereocenters. The lowest BCUT2D eigenvalue weighted by atomic mass is 10.1. The molecule has 35 heavy (non-hydrogen) atoms. The molecule has 3 N–H and O–H groups in total. The normalized spacial score (nSPS) is 10.6. The second-order valence-electron chi connectivity index (χ2n) is 7.48. The van der Waals surface area contributed by atoms with Crippen molar-refractivity contribution < 1.29 is 23.5 Å². The second kappa shape index (κ2) is 11.9. The number of amides is 3. The van der Waals surface area contributed by atoms with Gasteiger partial charge < -0.3 is 15.4 Å². The van der Waals surface area contributed by atoms with Crippen molar-refractivity contribution in [1.82, 2.24) is 5.43 Å². The van der Waals surface area contributed by atoms with Gasteiger partial charge in [0.1, 0.15) is 11.6 Å². The summed E-state index contributed by atoms with van der Waals surface area (Å²) in [6.07, 6.45) is 1.28. The van der Waals surface area contributed by atoms with Crippen molar-refractivity contribution in [1.29, 1.82) is 0 Å². The van der Waals surface area contributed by atoms with Crippen molar-refractivity contribution in [3.8, 4) is 5.75 Å². The highest BCUT2D eigenvalue weighted by molar-refractivity contribution is 9.10. The molecule has 8 nitrogen and oxygen atoms in total. The van der Waals surface area contributed by atoms with Crippen LogP contribution in [0, 0.1) is 19.7 Å². The van der Waals surface area contributed by atoms with E-state index >= 15 is 0 Å². The van der Waals surface area contributed by atoms with E-state index in [1.807, 2.05) is 32.0 Å². The predicted octanol–water partition coefficient (Wildman–Crippen LogP) is 4.31. The van der Waals surface area contributed by atoms with Gasteiger partial charge in [0.05, 0.1) is 6.21 Å². The number of nitrogens with zero attached hydrogens (tertiary/aromatic N) is 1. The number of benzene rings is 3. The highest BCUT2D eigenvalue weighted by Crippen LogP contribution is 2.22. The van der Waals surface area contributed by atoms with Crippen LogP contribution in [-0.4, -0.2) is 30.5 Å². The van der Waals surface area contributed by atoms with Crippen LogP contribution >= 0.6 is 15.9 Å². The summed E-state index contributed by atoms with van der Waals surface area (Å²) in [5.74, 6) is -2.45. The van der Waals surface area contributed by atoms with Gasteiger partial charge in [-0.3, -0.25) is 14.4 Å². The first-order valence-electron chi connectivity index (χ1n) is 10.4. The summed E-state index contributed by atoms with van der Waals surface area (Å²) in [7, 11) is 0. The zero-order chi connectivity index (χ0) is 25.4. The van der Waals surface area contributed by atoms with E-state index in [1.54, 1.807) is 18.2 Å². The molecule has 0 aliphatic heterocycles. The largest absolute Gasteiger partial charge is 0.483 e. The lowest BCUT2D eigenvalue weighted by molar-refractivity contribution is -0.136. The fourth-order valence-corrected chi connectivity index (χ4v) is 3.22. The molecule has 3 aromatic rings. The minimum atomic E-state index is -1.02. The number of halogens is 2. The van der Waals surface area contributed by atoms with Gasteiger partial charge in [-0.2, -0.15) is 5.10 Å². The van der Waals surface area contributed by atoms with E-state index in [4.69, 9.17) is 4.74 Å². The molecule has 10 heteroatoms. The Kier molecular flexibility index (Phi) is 8.69. The van der Waals surface area contributed by atoms with Gasteiger partial charge in [-0.1, -0.05) is 22.0 Å². The first kappa shape index (κ1) is 25.6. The van der Waals surface area contributed by atoms with Gasteiger partial charge in [0.25, 0.3) is 5.91 Å². The van der Waals surface area contributed by atoms with Gasteiger partial charge in [-0.05, 0) is 79.6 Å². The van der Waals surface area contributed by atoms with E-state index < -0.39 is 17.6 Å². The molecule has 0 saturated carbocycles. The van der Waals surface area contributed by atoms with Crippen molar-refractivity contribution in [2.75, 3.05) is 17.2 Å². The molecular formula is C25H22BrFN4O4. The number of rotatable bonds is 7. The predicted molar refractivity (Wildman–Crippen MR) is 135 cm³/mol. The Labute approximate surface area is 209 Å². The van der Waals surface area contributed by atoms with Gasteiger partial charge in [0.2, 0.25) is 0 Å². The molecular weight excluding hydrogens is 519 g/mol. The summed E-state index contributed by atoms with van der Waals surface area (Å²) in [6.45, 7) is 3.70. The van der Waals surface area contributed by atoms with Crippen LogP contribution < -0.4 is 20.8 Å². The Morgan fingerprint density at radius 2 is 1.63 bits per heavy atom. The SMILES string of the molecule is Cc1ccc(NC(=O)COc2ccc(Br)cc2/C=N\NC(=O)C(=O)Nc2ccc(F)cc2)cc1C. The van der Waals surface area contributed by atoms with E-state index in [2.05, 4.69) is 37.1 Å². The van der Waals surface area contributed by atoms with Crippen LogP contribution in [0.5, 0.6) is 5.75 Å². The Hall–Kier alpha value is -4.05. The minimum absolute atomic E-state index is 0.248. The zero-order valence-corrected chi connectivity index (χ0v) is 20.5. The molecule has 0 spiro atoms. The van der Waals surface area contributed by atoms with Crippen LogP contribution in [0.1, 0.15) is 16.7 Å². The van der Waals surface area contributed by atoms with E-state index in [-0.39, 0.29) is 18.2 Å². The molecule has 0 heterocycles. The summed E-state index contributed by atoms with van der Waals surface area (Å²) in [4.78, 5) is 36.3. The first-order chi connectivity index (χ1) is 16.7. The minimum Gasteiger partial charge on any atom is -0.483 e. The van der Waals surface area contributed by atoms with Crippen molar-refractivity contribution >= 4 is 51.2 Å². The summed E-state index contributed by atoms with van der Waals surface area (Å²) in [5, 5.41) is 8.89. The standard InChI is InChI=1S/C25H22BrFN4O4/c1-15-3-7-21(11-16(15)2)29-23(32)14-35-22-10-4-18(26)12-17(22)13-28-31-25(34)24(33)30-20-8-5-19(27)6-9-20/h3-13H,14H2,1-2H3,(H,29,32)(H,30,33)(H,31,34)/b28-13-. The van der Waals surface area contributed by atoms with Crippen LogP contribution in [0.15, 0.2) is 70.2 Å². The Balaban J connectivity index is 1.57. The number of ether oxygens (including phenoxy) is 1. The van der Waals surface area contributed by atoms with E-state index in [1.165, 1.54) is 18.3 Å². The van der Waals surface area contributed by atoms with Gasteiger partial charge >= 0.3 is 11.8 Å². The quantitative estimate of drug-likeness (QED) is 0.235. The Morgan fingerprint density at radius 3 is 2.34 bits per heavy atom. The van der Waals surface area contributed by atoms with Crippen LogP contribution in [-0.2, 0) is 14.4 Å². The number of carbonyl (C=O) groups is 3. The molecule has 3 aromatic carbocycles. The molecule has 0 aliphatic carbocycles. The van der Waals surface area contributed by atoms with Crippen LogP contribution in [0.2, 0.25) is 0 Å². The third-order valence-corrected chi connectivity index (χ3v) is 5.29. The second-order valence-corrected chi connectivity index (χ2v) is 8.39. The lowest BCUT2D eigenvalue weighted by Gasteiger charge is -2.11. The average molecular weight is 541 g/mol. The molecule has 0 saturated heterocycles. The molecule has 180 valence electrons. The van der Waals surface area contributed by atoms with E-state index in [9.17, 15) is 18.8 Å². The van der Waals surface area contributed by atoms with Gasteiger partial charge in [-0.25, -0.2) is 9.82 Å². The lowest BCUT2D eigenvalue weighted by Crippen LogP contribution is -2.32. The van der Waals surface area contributed by atoms with Crippen molar-refractivity contribution in [2.45, 2.75) is 13.8 Å². The first-order valence-corrected chi connectivity index (χ1v) is 11.2. The smallest absolute Gasteiger partial charge is 0.329 e. The molecule has 0 radical (unpaired) electrons. The van der Waals surface area contributed by atoms with Gasteiger partial charge in [0.15, 0.2) is 6.61 Å². The van der Waals surface area contributed by atoms with Crippen molar-refractivity contribution in [2.24, 2.45) is 5.10 Å².